The van der Waals surface area contributed by atoms with Crippen molar-refractivity contribution in [1.82, 2.24) is 10.4 Å². The Morgan fingerprint density at radius 1 is 1.27 bits per heavy atom. The first-order valence-electron chi connectivity index (χ1n) is 3.99. The van der Waals surface area contributed by atoms with Crippen molar-refractivity contribution in [2.75, 3.05) is 18.0 Å². The van der Waals surface area contributed by atoms with Crippen LogP contribution in [-0.2, 0) is 0 Å². The van der Waals surface area contributed by atoms with Gasteiger partial charge < -0.3 is 9.42 Å². The van der Waals surface area contributed by atoms with E-state index in [1.54, 1.807) is 6.20 Å². The van der Waals surface area contributed by atoms with E-state index in [9.17, 15) is 0 Å². The summed E-state index contributed by atoms with van der Waals surface area (Å²) in [5.74, 6) is 0.810. The fraction of sp³-hybridized carbons (Fsp3) is 0.714. The van der Waals surface area contributed by atoms with E-state index in [2.05, 4.69) is 15.3 Å². The number of hydrogen-bond acceptors (Lipinski definition) is 4. The van der Waals surface area contributed by atoms with Crippen LogP contribution in [0.4, 0.5) is 5.88 Å². The van der Waals surface area contributed by atoms with Crippen molar-refractivity contribution in [3.63, 3.8) is 0 Å². The van der Waals surface area contributed by atoms with Crippen LogP contribution in [0.2, 0.25) is 0 Å². The Balaban J connectivity index is 2.04. The lowest BCUT2D eigenvalue weighted by atomic mass is 10.1. The molecule has 0 bridgehead atoms. The summed E-state index contributed by atoms with van der Waals surface area (Å²) in [5.41, 5.74) is 0. The van der Waals surface area contributed by atoms with E-state index in [0.717, 1.165) is 19.0 Å². The van der Waals surface area contributed by atoms with Gasteiger partial charge in [-0.05, 0) is 19.3 Å². The second-order valence-corrected chi connectivity index (χ2v) is 2.80. The molecule has 0 atom stereocenters. The molecule has 60 valence electrons. The van der Waals surface area contributed by atoms with Crippen molar-refractivity contribution in [3.8, 4) is 0 Å². The van der Waals surface area contributed by atoms with E-state index in [-0.39, 0.29) is 0 Å². The van der Waals surface area contributed by atoms with Crippen LogP contribution in [0.25, 0.3) is 0 Å². The molecule has 0 spiro atoms. The maximum absolute atomic E-state index is 4.94. The standard InChI is InChI=1S/C7H11N3O/c1-2-4-10(5-3-1)7-6-8-9-11-7/h6H,1-5H2. The average Bonchev–Trinajstić information content (AvgIpc) is 2.58. The van der Waals surface area contributed by atoms with Gasteiger partial charge in [-0.3, -0.25) is 0 Å². The Hall–Kier alpha value is -1.06. The number of hydrogen-bond donors (Lipinski definition) is 0. The van der Waals surface area contributed by atoms with Gasteiger partial charge in [-0.1, -0.05) is 0 Å². The van der Waals surface area contributed by atoms with Gasteiger partial charge in [-0.2, -0.15) is 0 Å². The monoisotopic (exact) mass is 153 g/mol. The zero-order valence-corrected chi connectivity index (χ0v) is 6.36. The number of nitrogens with zero attached hydrogens (tertiary/aromatic N) is 3. The first kappa shape index (κ1) is 6.64. The van der Waals surface area contributed by atoms with Gasteiger partial charge in [0.05, 0.1) is 0 Å². The molecule has 11 heavy (non-hydrogen) atoms. The van der Waals surface area contributed by atoms with Crippen molar-refractivity contribution in [2.45, 2.75) is 19.3 Å². The minimum atomic E-state index is 0.810. The molecular formula is C7H11N3O. The van der Waals surface area contributed by atoms with Gasteiger partial charge in [0.1, 0.15) is 6.20 Å². The summed E-state index contributed by atoms with van der Waals surface area (Å²) in [6.07, 6.45) is 5.50. The summed E-state index contributed by atoms with van der Waals surface area (Å²) in [7, 11) is 0. The minimum absolute atomic E-state index is 0.810. The lowest BCUT2D eigenvalue weighted by Crippen LogP contribution is -2.28. The number of rotatable bonds is 1. The van der Waals surface area contributed by atoms with Crippen molar-refractivity contribution in [2.24, 2.45) is 0 Å². The average molecular weight is 153 g/mol. The second kappa shape index (κ2) is 2.90. The fourth-order valence-corrected chi connectivity index (χ4v) is 1.42. The van der Waals surface area contributed by atoms with Gasteiger partial charge in [0, 0.05) is 18.4 Å². The van der Waals surface area contributed by atoms with E-state index in [0.29, 0.717) is 0 Å². The smallest absolute Gasteiger partial charge is 0.247 e. The summed E-state index contributed by atoms with van der Waals surface area (Å²) in [5, 5.41) is 7.07. The quantitative estimate of drug-likeness (QED) is 0.605. The topological polar surface area (TPSA) is 42.2 Å². The lowest BCUT2D eigenvalue weighted by molar-refractivity contribution is 0.383. The van der Waals surface area contributed by atoms with Crippen molar-refractivity contribution >= 4 is 5.88 Å². The highest BCUT2D eigenvalue weighted by atomic mass is 16.5. The molecule has 0 aliphatic carbocycles. The minimum Gasteiger partial charge on any atom is -0.339 e. The third-order valence-corrected chi connectivity index (χ3v) is 2.02. The predicted octanol–water partition coefficient (Wildman–Crippen LogP) is 1.06. The molecular weight excluding hydrogens is 142 g/mol. The summed E-state index contributed by atoms with van der Waals surface area (Å²) >= 11 is 0. The fourth-order valence-electron chi connectivity index (χ4n) is 1.42. The van der Waals surface area contributed by atoms with Crippen molar-refractivity contribution < 1.29 is 4.52 Å². The Labute approximate surface area is 65.2 Å². The third-order valence-electron chi connectivity index (χ3n) is 2.02. The van der Waals surface area contributed by atoms with Crippen LogP contribution in [0.3, 0.4) is 0 Å². The molecule has 1 fully saturated rings. The molecule has 1 saturated heterocycles. The van der Waals surface area contributed by atoms with Crippen LogP contribution in [0.15, 0.2) is 10.7 Å². The van der Waals surface area contributed by atoms with Crippen LogP contribution in [-0.4, -0.2) is 23.5 Å². The molecule has 1 aromatic heterocycles. The molecule has 0 unspecified atom stereocenters. The Kier molecular flexibility index (Phi) is 1.75. The highest BCUT2D eigenvalue weighted by Crippen LogP contribution is 2.16. The number of piperidine rings is 1. The van der Waals surface area contributed by atoms with Gasteiger partial charge in [0.2, 0.25) is 5.88 Å². The Morgan fingerprint density at radius 2 is 2.09 bits per heavy atom. The number of anilines is 1. The lowest BCUT2D eigenvalue weighted by Gasteiger charge is -2.24. The van der Waals surface area contributed by atoms with E-state index >= 15 is 0 Å². The van der Waals surface area contributed by atoms with Gasteiger partial charge in [0.25, 0.3) is 0 Å². The Bertz CT molecular complexity index is 203. The highest BCUT2D eigenvalue weighted by Gasteiger charge is 2.13. The van der Waals surface area contributed by atoms with Gasteiger partial charge in [-0.25, -0.2) is 0 Å². The molecule has 0 aromatic carbocycles. The normalized spacial score (nSPS) is 18.7. The molecule has 2 rings (SSSR count). The highest BCUT2D eigenvalue weighted by molar-refractivity contribution is 5.30. The van der Waals surface area contributed by atoms with Crippen LogP contribution < -0.4 is 4.90 Å². The van der Waals surface area contributed by atoms with Gasteiger partial charge in [-0.15, -0.1) is 5.10 Å². The van der Waals surface area contributed by atoms with Crippen LogP contribution in [0, 0.1) is 0 Å². The van der Waals surface area contributed by atoms with E-state index in [1.165, 1.54) is 19.3 Å². The van der Waals surface area contributed by atoms with Crippen LogP contribution in [0.5, 0.6) is 0 Å². The maximum atomic E-state index is 4.94. The molecule has 0 N–H and O–H groups in total. The van der Waals surface area contributed by atoms with E-state index in [1.807, 2.05) is 0 Å². The first-order valence-corrected chi connectivity index (χ1v) is 3.99. The zero-order valence-electron chi connectivity index (χ0n) is 6.36. The summed E-state index contributed by atoms with van der Waals surface area (Å²) < 4.78 is 4.94. The number of aromatic nitrogens is 2. The van der Waals surface area contributed by atoms with Gasteiger partial charge >= 0.3 is 0 Å². The molecule has 4 heteroatoms. The SMILES string of the molecule is c1nnoc1N1CCCCC1. The van der Waals surface area contributed by atoms with Crippen LogP contribution in [0.1, 0.15) is 19.3 Å². The molecule has 1 aromatic rings. The van der Waals surface area contributed by atoms with Gasteiger partial charge in [0.15, 0.2) is 0 Å². The van der Waals surface area contributed by atoms with E-state index < -0.39 is 0 Å². The van der Waals surface area contributed by atoms with E-state index in [4.69, 9.17) is 4.52 Å². The van der Waals surface area contributed by atoms with Crippen LogP contribution >= 0.6 is 0 Å². The summed E-state index contributed by atoms with van der Waals surface area (Å²) in [6.45, 7) is 2.16. The molecule has 4 nitrogen and oxygen atoms in total. The van der Waals surface area contributed by atoms with Crippen molar-refractivity contribution in [1.29, 1.82) is 0 Å². The first-order chi connectivity index (χ1) is 5.47. The largest absolute Gasteiger partial charge is 0.339 e. The Morgan fingerprint density at radius 3 is 2.73 bits per heavy atom. The third kappa shape index (κ3) is 1.34. The molecule has 1 aliphatic rings. The molecule has 2 heterocycles. The summed E-state index contributed by atoms with van der Waals surface area (Å²) in [4.78, 5) is 2.18. The van der Waals surface area contributed by atoms with Crippen molar-refractivity contribution in [3.05, 3.63) is 6.20 Å². The zero-order chi connectivity index (χ0) is 7.52. The molecule has 0 saturated carbocycles. The molecule has 0 amide bonds. The summed E-state index contributed by atoms with van der Waals surface area (Å²) in [6, 6.07) is 0. The predicted molar refractivity (Wildman–Crippen MR) is 40.4 cm³/mol. The second-order valence-electron chi connectivity index (χ2n) is 2.80. The molecule has 0 radical (unpaired) electrons. The molecule has 1 aliphatic heterocycles. The maximum Gasteiger partial charge on any atom is 0.247 e.